The van der Waals surface area contributed by atoms with Gasteiger partial charge in [0.25, 0.3) is 0 Å². The van der Waals surface area contributed by atoms with Gasteiger partial charge in [-0.05, 0) is 30.7 Å². The smallest absolute Gasteiger partial charge is 0.332 e. The number of aliphatic hydroxyl groups excluding tert-OH is 2. The molecule has 4 rings (SSSR count). The summed E-state index contributed by atoms with van der Waals surface area (Å²) in [4.78, 5) is 20.0. The summed E-state index contributed by atoms with van der Waals surface area (Å²) in [6, 6.07) is 6.61. The number of rotatable bonds is 9. The number of halogens is 3. The highest BCUT2D eigenvalue weighted by atomic mass is 35.5. The number of benzene rings is 2. The van der Waals surface area contributed by atoms with Gasteiger partial charge in [-0.2, -0.15) is 0 Å². The number of H-pyrrole nitrogens is 1. The highest BCUT2D eigenvalue weighted by Gasteiger charge is 2.21. The predicted octanol–water partition coefficient (Wildman–Crippen LogP) is 3.40. The van der Waals surface area contributed by atoms with Crippen molar-refractivity contribution in [1.29, 1.82) is 0 Å². The van der Waals surface area contributed by atoms with Crippen molar-refractivity contribution in [3.05, 3.63) is 74.3 Å². The number of hydrogen-bond acceptors (Lipinski definition) is 7. The van der Waals surface area contributed by atoms with Gasteiger partial charge in [-0.1, -0.05) is 11.6 Å². The maximum absolute atomic E-state index is 14.5. The second-order valence-electron chi connectivity index (χ2n) is 7.71. The summed E-state index contributed by atoms with van der Waals surface area (Å²) < 4.78 is 45.9. The molecule has 2 heterocycles. The predicted molar refractivity (Wildman–Crippen MR) is 127 cm³/mol. The summed E-state index contributed by atoms with van der Waals surface area (Å²) in [7, 11) is 1.31. The van der Waals surface area contributed by atoms with E-state index in [1.807, 2.05) is 0 Å². The third kappa shape index (κ3) is 4.72. The Kier molecular flexibility index (Phi) is 7.43. The number of aliphatic hydroxyl groups is 2. The van der Waals surface area contributed by atoms with Crippen molar-refractivity contribution in [2.75, 3.05) is 20.3 Å². The number of aromatic nitrogens is 3. The average Bonchev–Trinajstić information content (AvgIpc) is 3.20. The van der Waals surface area contributed by atoms with Crippen molar-refractivity contribution in [3.8, 4) is 22.9 Å². The molecule has 0 unspecified atom stereocenters. The van der Waals surface area contributed by atoms with Gasteiger partial charge in [0.05, 0.1) is 47.8 Å². The topological polar surface area (TPSA) is 119 Å². The molecule has 0 amide bonds. The van der Waals surface area contributed by atoms with Crippen molar-refractivity contribution < 1.29 is 33.2 Å². The molecule has 0 bridgehead atoms. The molecule has 12 heteroatoms. The van der Waals surface area contributed by atoms with Crippen LogP contribution in [0.15, 0.2) is 35.1 Å². The van der Waals surface area contributed by atoms with Gasteiger partial charge < -0.3 is 29.4 Å². The number of pyridine rings is 1. The molecule has 4 aromatic rings. The van der Waals surface area contributed by atoms with E-state index < -0.39 is 23.9 Å². The fraction of sp³-hybridized carbons (Fsp3) is 0.250. The quantitative estimate of drug-likeness (QED) is 0.309. The molecule has 0 aliphatic carbocycles. The molecule has 9 nitrogen and oxygen atoms in total. The standard InChI is InChI=1S/C24H22ClF2N3O6/c1-12-7-13(10-32)28-23-22(12)29-24(33)30(23)17-9-20(19(8-15(17)25)35-6-5-31)36-11-14-18(34-2)4-3-16(26)21(14)27/h3-4,7-9,31-32H,5-6,10-11H2,1-2H3,(H,29,33). The van der Waals surface area contributed by atoms with Crippen molar-refractivity contribution in [2.45, 2.75) is 20.1 Å². The van der Waals surface area contributed by atoms with E-state index in [1.165, 1.54) is 29.9 Å². The summed E-state index contributed by atoms with van der Waals surface area (Å²) in [6.45, 7) is 0.565. The zero-order valence-corrected chi connectivity index (χ0v) is 20.0. The van der Waals surface area contributed by atoms with E-state index in [9.17, 15) is 23.8 Å². The van der Waals surface area contributed by atoms with Crippen LogP contribution in [0.1, 0.15) is 16.8 Å². The van der Waals surface area contributed by atoms with Crippen molar-refractivity contribution in [2.24, 2.45) is 0 Å². The first-order valence-corrected chi connectivity index (χ1v) is 11.1. The Morgan fingerprint density at radius 1 is 1.11 bits per heavy atom. The molecule has 2 aromatic heterocycles. The number of ether oxygens (including phenoxy) is 3. The normalized spacial score (nSPS) is 11.2. The van der Waals surface area contributed by atoms with E-state index in [2.05, 4.69) is 9.97 Å². The van der Waals surface area contributed by atoms with Gasteiger partial charge in [0.2, 0.25) is 0 Å². The molecule has 190 valence electrons. The molecule has 0 saturated heterocycles. The molecule has 0 radical (unpaired) electrons. The van der Waals surface area contributed by atoms with Crippen LogP contribution < -0.4 is 19.9 Å². The molecule has 0 fully saturated rings. The minimum Gasteiger partial charge on any atom is -0.496 e. The largest absolute Gasteiger partial charge is 0.496 e. The lowest BCUT2D eigenvalue weighted by molar-refractivity contribution is 0.191. The molecule has 0 aliphatic rings. The van der Waals surface area contributed by atoms with Gasteiger partial charge in [-0.3, -0.25) is 0 Å². The Labute approximate surface area is 208 Å². The first-order chi connectivity index (χ1) is 17.3. The second kappa shape index (κ2) is 10.5. The molecular weight excluding hydrogens is 500 g/mol. The van der Waals surface area contributed by atoms with Gasteiger partial charge >= 0.3 is 5.69 Å². The fourth-order valence-corrected chi connectivity index (χ4v) is 3.97. The van der Waals surface area contributed by atoms with Crippen molar-refractivity contribution in [1.82, 2.24) is 14.5 Å². The summed E-state index contributed by atoms with van der Waals surface area (Å²) in [5.74, 6) is -2.00. The van der Waals surface area contributed by atoms with Crippen LogP contribution >= 0.6 is 11.6 Å². The lowest BCUT2D eigenvalue weighted by Gasteiger charge is -2.17. The maximum atomic E-state index is 14.5. The molecule has 0 saturated carbocycles. The number of methoxy groups -OCH3 is 1. The van der Waals surface area contributed by atoms with Crippen LogP contribution in [-0.4, -0.2) is 45.1 Å². The number of nitrogens with zero attached hydrogens (tertiary/aromatic N) is 2. The number of hydrogen-bond donors (Lipinski definition) is 3. The lowest BCUT2D eigenvalue weighted by atomic mass is 10.2. The van der Waals surface area contributed by atoms with Crippen LogP contribution in [0.2, 0.25) is 5.02 Å². The van der Waals surface area contributed by atoms with Crippen LogP contribution in [-0.2, 0) is 13.2 Å². The number of imidazole rings is 1. The summed E-state index contributed by atoms with van der Waals surface area (Å²) >= 11 is 6.49. The summed E-state index contributed by atoms with van der Waals surface area (Å²) in [6.07, 6.45) is 0. The molecular formula is C24H22ClF2N3O6. The zero-order chi connectivity index (χ0) is 26.0. The van der Waals surface area contributed by atoms with Gasteiger partial charge in [0.1, 0.15) is 19.0 Å². The number of fused-ring (bicyclic) bond motifs is 1. The van der Waals surface area contributed by atoms with Gasteiger partial charge in [-0.15, -0.1) is 0 Å². The second-order valence-corrected chi connectivity index (χ2v) is 8.11. The van der Waals surface area contributed by atoms with Crippen molar-refractivity contribution in [3.63, 3.8) is 0 Å². The zero-order valence-electron chi connectivity index (χ0n) is 19.3. The number of aryl methyl sites for hydroxylation is 1. The third-order valence-corrected chi connectivity index (χ3v) is 5.71. The van der Waals surface area contributed by atoms with E-state index in [4.69, 9.17) is 25.8 Å². The average molecular weight is 522 g/mol. The Bertz CT molecular complexity index is 1490. The van der Waals surface area contributed by atoms with Crippen LogP contribution in [0, 0.1) is 18.6 Å². The van der Waals surface area contributed by atoms with E-state index in [1.54, 1.807) is 13.0 Å². The van der Waals surface area contributed by atoms with E-state index >= 15 is 0 Å². The lowest BCUT2D eigenvalue weighted by Crippen LogP contribution is -2.16. The first-order valence-electron chi connectivity index (χ1n) is 10.7. The highest BCUT2D eigenvalue weighted by Crippen LogP contribution is 2.37. The van der Waals surface area contributed by atoms with E-state index in [-0.39, 0.29) is 59.0 Å². The number of aromatic amines is 1. The first kappa shape index (κ1) is 25.4. The Morgan fingerprint density at radius 2 is 1.86 bits per heavy atom. The number of nitrogens with one attached hydrogen (secondary N) is 1. The highest BCUT2D eigenvalue weighted by molar-refractivity contribution is 6.32. The van der Waals surface area contributed by atoms with E-state index in [0.717, 1.165) is 6.07 Å². The van der Waals surface area contributed by atoms with Crippen LogP contribution in [0.5, 0.6) is 17.2 Å². The monoisotopic (exact) mass is 521 g/mol. The third-order valence-electron chi connectivity index (χ3n) is 5.41. The summed E-state index contributed by atoms with van der Waals surface area (Å²) in [5, 5.41) is 18.8. The minimum absolute atomic E-state index is 0.0323. The SMILES string of the molecule is COc1ccc(F)c(F)c1COc1cc(-n2c(=O)[nH]c3c(C)cc(CO)nc32)c(Cl)cc1OCCO. The van der Waals surface area contributed by atoms with Gasteiger partial charge in [0, 0.05) is 12.1 Å². The molecule has 0 atom stereocenters. The van der Waals surface area contributed by atoms with Crippen LogP contribution in [0.4, 0.5) is 8.78 Å². The van der Waals surface area contributed by atoms with Crippen LogP contribution in [0.3, 0.4) is 0 Å². The van der Waals surface area contributed by atoms with E-state index in [0.29, 0.717) is 16.8 Å². The summed E-state index contributed by atoms with van der Waals surface area (Å²) in [5.41, 5.74) is 1.14. The van der Waals surface area contributed by atoms with Gasteiger partial charge in [-0.25, -0.2) is 23.1 Å². The molecule has 3 N–H and O–H groups in total. The Hall–Kier alpha value is -3.67. The Balaban J connectivity index is 1.84. The molecule has 36 heavy (non-hydrogen) atoms. The fourth-order valence-electron chi connectivity index (χ4n) is 3.73. The van der Waals surface area contributed by atoms with Crippen molar-refractivity contribution >= 4 is 22.8 Å². The van der Waals surface area contributed by atoms with Gasteiger partial charge in [0.15, 0.2) is 28.8 Å². The molecule has 0 aliphatic heterocycles. The maximum Gasteiger partial charge on any atom is 0.332 e. The Morgan fingerprint density at radius 3 is 2.56 bits per heavy atom. The molecule has 0 spiro atoms. The molecule has 2 aromatic carbocycles. The minimum atomic E-state index is -1.13. The van der Waals surface area contributed by atoms with Crippen LogP contribution in [0.25, 0.3) is 16.9 Å².